The minimum atomic E-state index is -0.226. The molecule has 0 aromatic heterocycles. The van der Waals surface area contributed by atoms with Crippen LogP contribution in [0.1, 0.15) is 49.9 Å². The van der Waals surface area contributed by atoms with Crippen LogP contribution >= 0.6 is 0 Å². The Morgan fingerprint density at radius 3 is 2.00 bits per heavy atom. The quantitative estimate of drug-likeness (QED) is 0.272. The van der Waals surface area contributed by atoms with E-state index in [1.54, 1.807) is 12.1 Å². The number of hydrogen-bond donors (Lipinski definition) is 1. The first-order valence-electron chi connectivity index (χ1n) is 12.6. The second-order valence-electron chi connectivity index (χ2n) is 11.3. The van der Waals surface area contributed by atoms with Gasteiger partial charge in [-0.2, -0.15) is 0 Å². The summed E-state index contributed by atoms with van der Waals surface area (Å²) in [6, 6.07) is 31.4. The second kappa shape index (κ2) is 7.07. The number of halogens is 1. The minimum Gasteiger partial charge on any atom is -0.356 e. The Morgan fingerprint density at radius 1 is 0.556 bits per heavy atom. The Bertz CT molecular complexity index is 1710. The molecular weight excluding hydrogens is 441 g/mol. The van der Waals surface area contributed by atoms with E-state index in [9.17, 15) is 4.39 Å². The molecule has 1 nitrogen and oxygen atoms in total. The largest absolute Gasteiger partial charge is 0.356 e. The van der Waals surface area contributed by atoms with Gasteiger partial charge in [0.15, 0.2) is 0 Å². The van der Waals surface area contributed by atoms with E-state index in [1.807, 2.05) is 0 Å². The third kappa shape index (κ3) is 2.82. The average molecular weight is 470 g/mol. The molecule has 5 aromatic rings. The first-order chi connectivity index (χ1) is 17.2. The smallest absolute Gasteiger partial charge is 0.123 e. The van der Waals surface area contributed by atoms with Gasteiger partial charge in [0.05, 0.1) is 0 Å². The van der Waals surface area contributed by atoms with Crippen molar-refractivity contribution in [2.45, 2.75) is 38.5 Å². The number of hydrogen-bond acceptors (Lipinski definition) is 1. The van der Waals surface area contributed by atoms with Crippen LogP contribution < -0.4 is 5.32 Å². The fourth-order valence-electron chi connectivity index (χ4n) is 6.51. The monoisotopic (exact) mass is 469 g/mol. The zero-order valence-electron chi connectivity index (χ0n) is 21.0. The van der Waals surface area contributed by atoms with Crippen LogP contribution in [0.25, 0.3) is 33.0 Å². The maximum Gasteiger partial charge on any atom is 0.123 e. The van der Waals surface area contributed by atoms with Crippen molar-refractivity contribution in [3.63, 3.8) is 0 Å². The van der Waals surface area contributed by atoms with Gasteiger partial charge < -0.3 is 5.32 Å². The topological polar surface area (TPSA) is 12.0 Å². The van der Waals surface area contributed by atoms with Gasteiger partial charge in [-0.15, -0.1) is 0 Å². The van der Waals surface area contributed by atoms with Crippen LogP contribution in [-0.4, -0.2) is 0 Å². The summed E-state index contributed by atoms with van der Waals surface area (Å²) >= 11 is 0. The lowest BCUT2D eigenvalue weighted by Crippen LogP contribution is -2.17. The second-order valence-corrected chi connectivity index (χ2v) is 11.3. The van der Waals surface area contributed by atoms with Crippen molar-refractivity contribution in [1.82, 2.24) is 0 Å². The summed E-state index contributed by atoms with van der Waals surface area (Å²) in [6.45, 7) is 9.37. The van der Waals surface area contributed by atoms with Gasteiger partial charge in [0.25, 0.3) is 0 Å². The molecule has 36 heavy (non-hydrogen) atoms. The van der Waals surface area contributed by atoms with E-state index < -0.39 is 0 Å². The molecule has 1 N–H and O–H groups in total. The molecule has 0 unspecified atom stereocenters. The Labute approximate surface area is 211 Å². The summed E-state index contributed by atoms with van der Waals surface area (Å²) < 4.78 is 13.4. The highest BCUT2D eigenvalue weighted by atomic mass is 19.1. The molecule has 0 aliphatic heterocycles. The number of anilines is 2. The molecule has 0 atom stereocenters. The molecule has 0 heterocycles. The van der Waals surface area contributed by atoms with Gasteiger partial charge in [-0.1, -0.05) is 70.2 Å². The highest BCUT2D eigenvalue weighted by Gasteiger charge is 2.42. The molecular formula is C34H28FN. The Kier molecular flexibility index (Phi) is 4.20. The van der Waals surface area contributed by atoms with E-state index in [1.165, 1.54) is 67.4 Å². The predicted octanol–water partition coefficient (Wildman–Crippen LogP) is 9.34. The van der Waals surface area contributed by atoms with Crippen LogP contribution in [0.2, 0.25) is 0 Å². The molecule has 0 spiro atoms. The third-order valence-corrected chi connectivity index (χ3v) is 8.49. The van der Waals surface area contributed by atoms with Crippen molar-refractivity contribution in [2.24, 2.45) is 0 Å². The highest BCUT2D eigenvalue weighted by molar-refractivity contribution is 6.03. The van der Waals surface area contributed by atoms with Gasteiger partial charge in [-0.3, -0.25) is 0 Å². The van der Waals surface area contributed by atoms with Crippen molar-refractivity contribution in [2.75, 3.05) is 5.32 Å². The van der Waals surface area contributed by atoms with E-state index in [-0.39, 0.29) is 16.6 Å². The van der Waals surface area contributed by atoms with E-state index in [4.69, 9.17) is 0 Å². The Balaban J connectivity index is 1.40. The summed E-state index contributed by atoms with van der Waals surface area (Å²) in [6.07, 6.45) is 0. The number of nitrogens with one attached hydrogen (secondary N) is 1. The highest BCUT2D eigenvalue weighted by Crippen LogP contribution is 2.57. The van der Waals surface area contributed by atoms with E-state index in [2.05, 4.69) is 99.7 Å². The van der Waals surface area contributed by atoms with Crippen LogP contribution in [0.5, 0.6) is 0 Å². The molecule has 2 aliphatic carbocycles. The van der Waals surface area contributed by atoms with Gasteiger partial charge in [0, 0.05) is 22.2 Å². The molecule has 0 fully saturated rings. The van der Waals surface area contributed by atoms with Crippen LogP contribution in [-0.2, 0) is 10.8 Å². The van der Waals surface area contributed by atoms with Crippen molar-refractivity contribution < 1.29 is 4.39 Å². The molecule has 2 aliphatic rings. The van der Waals surface area contributed by atoms with Gasteiger partial charge in [-0.05, 0) is 104 Å². The Morgan fingerprint density at radius 2 is 1.19 bits per heavy atom. The first kappa shape index (κ1) is 21.4. The summed E-state index contributed by atoms with van der Waals surface area (Å²) in [4.78, 5) is 0. The fraction of sp³-hybridized carbons (Fsp3) is 0.176. The molecule has 7 rings (SSSR count). The maximum atomic E-state index is 13.4. The van der Waals surface area contributed by atoms with Gasteiger partial charge in [0.2, 0.25) is 0 Å². The van der Waals surface area contributed by atoms with Crippen LogP contribution in [0.3, 0.4) is 0 Å². The number of rotatable bonds is 2. The molecule has 0 radical (unpaired) electrons. The molecule has 0 saturated carbocycles. The van der Waals surface area contributed by atoms with Crippen molar-refractivity contribution in [1.29, 1.82) is 0 Å². The maximum absolute atomic E-state index is 13.4. The molecule has 2 heteroatoms. The molecule has 176 valence electrons. The minimum absolute atomic E-state index is 0.0549. The normalized spacial score (nSPS) is 15.8. The lowest BCUT2D eigenvalue weighted by molar-refractivity contribution is 0.628. The number of benzene rings is 5. The first-order valence-corrected chi connectivity index (χ1v) is 12.6. The molecule has 5 aromatic carbocycles. The van der Waals surface area contributed by atoms with Gasteiger partial charge in [0.1, 0.15) is 5.82 Å². The molecule has 0 amide bonds. The molecule has 0 bridgehead atoms. The van der Waals surface area contributed by atoms with Crippen LogP contribution in [0.15, 0.2) is 91.0 Å². The zero-order chi connectivity index (χ0) is 24.8. The third-order valence-electron chi connectivity index (χ3n) is 8.49. The van der Waals surface area contributed by atoms with E-state index in [0.29, 0.717) is 0 Å². The average Bonchev–Trinajstić information content (AvgIpc) is 3.24. The summed E-state index contributed by atoms with van der Waals surface area (Å²) in [5.41, 5.74) is 12.7. The predicted molar refractivity (Wildman–Crippen MR) is 149 cm³/mol. The molecule has 0 saturated heterocycles. The van der Waals surface area contributed by atoms with Gasteiger partial charge in [-0.25, -0.2) is 4.39 Å². The van der Waals surface area contributed by atoms with E-state index in [0.717, 1.165) is 11.4 Å². The summed E-state index contributed by atoms with van der Waals surface area (Å²) in [5.74, 6) is -0.226. The Hall–Kier alpha value is -3.91. The van der Waals surface area contributed by atoms with Crippen LogP contribution in [0.4, 0.5) is 15.8 Å². The van der Waals surface area contributed by atoms with Gasteiger partial charge >= 0.3 is 0 Å². The van der Waals surface area contributed by atoms with Crippen molar-refractivity contribution in [3.8, 4) is 22.3 Å². The lowest BCUT2D eigenvalue weighted by Gasteiger charge is -2.24. The zero-order valence-corrected chi connectivity index (χ0v) is 21.0. The summed E-state index contributed by atoms with van der Waals surface area (Å²) in [7, 11) is 0. The van der Waals surface area contributed by atoms with E-state index >= 15 is 0 Å². The summed E-state index contributed by atoms with van der Waals surface area (Å²) in [5, 5.41) is 6.08. The van der Waals surface area contributed by atoms with Crippen molar-refractivity contribution >= 4 is 22.1 Å². The lowest BCUT2D eigenvalue weighted by atomic mass is 9.79. The van der Waals surface area contributed by atoms with Crippen LogP contribution in [0, 0.1) is 5.82 Å². The number of fused-ring (bicyclic) bond motifs is 8. The van der Waals surface area contributed by atoms with Crippen molar-refractivity contribution in [3.05, 3.63) is 119 Å². The SMILES string of the molecule is CC1(C)c2cc(Nc3ccc(F)cc3)ccc2-c2cc3c(cc21)-c1c(ccc2ccccc12)C3(C)C. The standard InChI is InChI=1S/C34H28FN/c1-33(2)28-16-9-20-7-5-6-8-24(20)32(28)27-19-30-26(18-31(27)33)25-15-14-23(17-29(25)34(30,3)4)36-22-12-10-21(35)11-13-22/h5-19,36H,1-4H3. The fourth-order valence-corrected chi connectivity index (χ4v) is 6.51.